The highest BCUT2D eigenvalue weighted by Gasteiger charge is 2.23. The highest BCUT2D eigenvalue weighted by atomic mass is 35.5. The fourth-order valence-electron chi connectivity index (χ4n) is 3.23. The van der Waals surface area contributed by atoms with Crippen molar-refractivity contribution >= 4 is 30.7 Å². The third kappa shape index (κ3) is 6.78. The van der Waals surface area contributed by atoms with Crippen LogP contribution in [0.3, 0.4) is 0 Å². The molecule has 144 valence electrons. The van der Waals surface area contributed by atoms with Crippen LogP contribution in [-0.2, 0) is 6.54 Å². The molecule has 1 aliphatic heterocycles. The highest BCUT2D eigenvalue weighted by molar-refractivity contribution is 5.94. The van der Waals surface area contributed by atoms with Crippen LogP contribution in [0.1, 0.15) is 49.5 Å². The fourth-order valence-corrected chi connectivity index (χ4v) is 3.23. The van der Waals surface area contributed by atoms with Gasteiger partial charge in [0, 0.05) is 37.3 Å². The van der Waals surface area contributed by atoms with E-state index in [9.17, 15) is 4.79 Å². The minimum Gasteiger partial charge on any atom is -0.337 e. The Bertz CT molecular complexity index is 508. The second kappa shape index (κ2) is 11.7. The lowest BCUT2D eigenvalue weighted by atomic mass is 10.0. The molecule has 1 unspecified atom stereocenters. The maximum atomic E-state index is 12.6. The van der Waals surface area contributed by atoms with Crippen LogP contribution < -0.4 is 5.32 Å². The van der Waals surface area contributed by atoms with E-state index < -0.39 is 0 Å². The molecular formula is C19H33Cl2N3O. The molecular weight excluding hydrogens is 357 g/mol. The number of nitrogens with one attached hydrogen (secondary N) is 1. The topological polar surface area (TPSA) is 35.6 Å². The summed E-state index contributed by atoms with van der Waals surface area (Å²) in [6.07, 6.45) is 2.23. The summed E-state index contributed by atoms with van der Waals surface area (Å²) in [5.74, 6) is 0.160. The molecule has 25 heavy (non-hydrogen) atoms. The van der Waals surface area contributed by atoms with E-state index >= 15 is 0 Å². The van der Waals surface area contributed by atoms with Crippen molar-refractivity contribution in [2.75, 3.05) is 26.7 Å². The SMILES string of the molecule is CCN(Cc1ccc(C(=O)N2CCCC(NC)C2)cc1)C(C)C.Cl.Cl. The molecule has 1 aromatic rings. The normalized spacial score (nSPS) is 17.2. The van der Waals surface area contributed by atoms with Gasteiger partial charge in [-0.1, -0.05) is 19.1 Å². The van der Waals surface area contributed by atoms with E-state index in [0.29, 0.717) is 12.1 Å². The summed E-state index contributed by atoms with van der Waals surface area (Å²) >= 11 is 0. The van der Waals surface area contributed by atoms with Crippen LogP contribution >= 0.6 is 24.8 Å². The average Bonchev–Trinajstić information content (AvgIpc) is 2.59. The number of hydrogen-bond donors (Lipinski definition) is 1. The van der Waals surface area contributed by atoms with Gasteiger partial charge in [-0.15, -0.1) is 24.8 Å². The lowest BCUT2D eigenvalue weighted by Crippen LogP contribution is -2.46. The Hall–Kier alpha value is -0.810. The number of halogens is 2. The Morgan fingerprint density at radius 2 is 1.92 bits per heavy atom. The largest absolute Gasteiger partial charge is 0.337 e. The second-order valence-corrected chi connectivity index (χ2v) is 6.73. The zero-order valence-electron chi connectivity index (χ0n) is 15.8. The van der Waals surface area contributed by atoms with E-state index in [0.717, 1.165) is 44.6 Å². The van der Waals surface area contributed by atoms with Crippen LogP contribution in [0.25, 0.3) is 0 Å². The van der Waals surface area contributed by atoms with Gasteiger partial charge in [-0.3, -0.25) is 9.69 Å². The standard InChI is InChI=1S/C19H31N3O.2ClH/c1-5-21(15(2)3)13-16-8-10-17(11-9-16)19(23)22-12-6-7-18(14-22)20-4;;/h8-11,15,18,20H,5-7,12-14H2,1-4H3;2*1H. The molecule has 1 aliphatic rings. The van der Waals surface area contributed by atoms with Crippen molar-refractivity contribution in [3.05, 3.63) is 35.4 Å². The maximum Gasteiger partial charge on any atom is 0.253 e. The van der Waals surface area contributed by atoms with Crippen molar-refractivity contribution in [2.24, 2.45) is 0 Å². The zero-order valence-corrected chi connectivity index (χ0v) is 17.5. The van der Waals surface area contributed by atoms with Crippen LogP contribution in [0.5, 0.6) is 0 Å². The van der Waals surface area contributed by atoms with Crippen molar-refractivity contribution in [3.63, 3.8) is 0 Å². The summed E-state index contributed by atoms with van der Waals surface area (Å²) in [5, 5.41) is 3.29. The Labute approximate surface area is 165 Å². The van der Waals surface area contributed by atoms with E-state index in [-0.39, 0.29) is 30.7 Å². The van der Waals surface area contributed by atoms with Crippen LogP contribution in [0.15, 0.2) is 24.3 Å². The molecule has 6 heteroatoms. The molecule has 2 rings (SSSR count). The fraction of sp³-hybridized carbons (Fsp3) is 0.632. The van der Waals surface area contributed by atoms with E-state index in [4.69, 9.17) is 0 Å². The first-order chi connectivity index (χ1) is 11.0. The Kier molecular flexibility index (Phi) is 11.4. The Morgan fingerprint density at radius 3 is 2.44 bits per heavy atom. The number of carbonyl (C=O) groups excluding carboxylic acids is 1. The van der Waals surface area contributed by atoms with Gasteiger partial charge in [0.1, 0.15) is 0 Å². The molecule has 0 saturated carbocycles. The number of likely N-dealkylation sites (N-methyl/N-ethyl adjacent to an activating group) is 1. The molecule has 0 spiro atoms. The number of carbonyl (C=O) groups is 1. The van der Waals surface area contributed by atoms with Crippen molar-refractivity contribution < 1.29 is 4.79 Å². The summed E-state index contributed by atoms with van der Waals surface area (Å²) < 4.78 is 0. The Morgan fingerprint density at radius 1 is 1.28 bits per heavy atom. The third-order valence-corrected chi connectivity index (χ3v) is 4.84. The number of rotatable bonds is 6. The van der Waals surface area contributed by atoms with Gasteiger partial charge in [-0.25, -0.2) is 0 Å². The van der Waals surface area contributed by atoms with Gasteiger partial charge in [-0.05, 0) is 58.0 Å². The zero-order chi connectivity index (χ0) is 16.8. The van der Waals surface area contributed by atoms with Crippen molar-refractivity contribution in [1.29, 1.82) is 0 Å². The molecule has 1 atom stereocenters. The minimum absolute atomic E-state index is 0. The predicted molar refractivity (Wildman–Crippen MR) is 110 cm³/mol. The van der Waals surface area contributed by atoms with Crippen molar-refractivity contribution in [2.45, 2.75) is 52.2 Å². The molecule has 1 fully saturated rings. The highest BCUT2D eigenvalue weighted by Crippen LogP contribution is 2.15. The van der Waals surface area contributed by atoms with E-state index in [1.165, 1.54) is 5.56 Å². The molecule has 4 nitrogen and oxygen atoms in total. The molecule has 0 bridgehead atoms. The average molecular weight is 390 g/mol. The quantitative estimate of drug-likeness (QED) is 0.807. The number of nitrogens with zero attached hydrogens (tertiary/aromatic N) is 2. The second-order valence-electron chi connectivity index (χ2n) is 6.73. The van der Waals surface area contributed by atoms with Crippen LogP contribution in [-0.4, -0.2) is 54.5 Å². The van der Waals surface area contributed by atoms with Gasteiger partial charge in [0.25, 0.3) is 5.91 Å². The predicted octanol–water partition coefficient (Wildman–Crippen LogP) is 3.58. The van der Waals surface area contributed by atoms with E-state index in [2.05, 4.69) is 43.1 Å². The molecule has 0 radical (unpaired) electrons. The molecule has 1 saturated heterocycles. The first-order valence-corrected chi connectivity index (χ1v) is 8.84. The van der Waals surface area contributed by atoms with Gasteiger partial charge in [-0.2, -0.15) is 0 Å². The lowest BCUT2D eigenvalue weighted by molar-refractivity contribution is 0.0698. The van der Waals surface area contributed by atoms with Crippen molar-refractivity contribution in [3.8, 4) is 0 Å². The number of amides is 1. The van der Waals surface area contributed by atoms with Crippen LogP contribution in [0, 0.1) is 0 Å². The maximum absolute atomic E-state index is 12.6. The summed E-state index contributed by atoms with van der Waals surface area (Å²) in [6.45, 7) is 10.3. The first kappa shape index (κ1) is 24.2. The summed E-state index contributed by atoms with van der Waals surface area (Å²) in [6, 6.07) is 9.11. The van der Waals surface area contributed by atoms with Gasteiger partial charge >= 0.3 is 0 Å². The van der Waals surface area contributed by atoms with Crippen LogP contribution in [0.4, 0.5) is 0 Å². The summed E-state index contributed by atoms with van der Waals surface area (Å²) in [7, 11) is 1.97. The first-order valence-electron chi connectivity index (χ1n) is 8.84. The van der Waals surface area contributed by atoms with Crippen LogP contribution in [0.2, 0.25) is 0 Å². The van der Waals surface area contributed by atoms with E-state index in [1.54, 1.807) is 0 Å². The lowest BCUT2D eigenvalue weighted by Gasteiger charge is -2.32. The number of piperidine rings is 1. The third-order valence-electron chi connectivity index (χ3n) is 4.84. The monoisotopic (exact) mass is 389 g/mol. The van der Waals surface area contributed by atoms with Gasteiger partial charge in [0.2, 0.25) is 0 Å². The summed E-state index contributed by atoms with van der Waals surface area (Å²) in [4.78, 5) is 17.0. The molecule has 1 heterocycles. The molecule has 0 aliphatic carbocycles. The molecule has 1 amide bonds. The smallest absolute Gasteiger partial charge is 0.253 e. The molecule has 1 aromatic carbocycles. The Balaban J connectivity index is 0.00000288. The number of likely N-dealkylation sites (tertiary alicyclic amines) is 1. The number of hydrogen-bond acceptors (Lipinski definition) is 3. The van der Waals surface area contributed by atoms with E-state index in [1.807, 2.05) is 24.1 Å². The van der Waals surface area contributed by atoms with Gasteiger partial charge in [0.05, 0.1) is 0 Å². The number of benzene rings is 1. The minimum atomic E-state index is 0. The molecule has 0 aromatic heterocycles. The van der Waals surface area contributed by atoms with Gasteiger partial charge < -0.3 is 10.2 Å². The molecule has 1 N–H and O–H groups in total. The van der Waals surface area contributed by atoms with Crippen molar-refractivity contribution in [1.82, 2.24) is 15.1 Å². The van der Waals surface area contributed by atoms with Gasteiger partial charge in [0.15, 0.2) is 0 Å². The summed E-state index contributed by atoms with van der Waals surface area (Å²) in [5.41, 5.74) is 2.07.